The van der Waals surface area contributed by atoms with Gasteiger partial charge in [0, 0.05) is 25.0 Å². The Morgan fingerprint density at radius 2 is 2.00 bits per heavy atom. The lowest BCUT2D eigenvalue weighted by Crippen LogP contribution is -2.11. The number of hydrogen-bond acceptors (Lipinski definition) is 5. The summed E-state index contributed by atoms with van der Waals surface area (Å²) in [6.07, 6.45) is 3.42. The number of hydrogen-bond donors (Lipinski definition) is 2. The van der Waals surface area contributed by atoms with Crippen molar-refractivity contribution in [2.24, 2.45) is 12.9 Å². The molecule has 0 spiro atoms. The van der Waals surface area contributed by atoms with Gasteiger partial charge in [-0.25, -0.2) is 5.84 Å². The number of aromatic nitrogens is 4. The van der Waals surface area contributed by atoms with Crippen LogP contribution in [-0.4, -0.2) is 19.7 Å². The molecular formula is C8H10N6. The molecule has 0 amide bonds. The van der Waals surface area contributed by atoms with Crippen LogP contribution >= 0.6 is 0 Å². The second kappa shape index (κ2) is 3.43. The van der Waals surface area contributed by atoms with Crippen LogP contribution in [0.5, 0.6) is 0 Å². The minimum absolute atomic E-state index is 0.525. The molecule has 3 N–H and O–H groups in total. The molecule has 14 heavy (non-hydrogen) atoms. The fraction of sp³-hybridized carbons (Fsp3) is 0.125. The molecule has 0 saturated carbocycles. The predicted octanol–water partition coefficient (Wildman–Crippen LogP) is 0.163. The molecule has 2 rings (SSSR count). The molecule has 0 aliphatic rings. The summed E-state index contributed by atoms with van der Waals surface area (Å²) in [5.41, 5.74) is 3.41. The zero-order valence-corrected chi connectivity index (χ0v) is 7.68. The van der Waals surface area contributed by atoms with E-state index in [2.05, 4.69) is 20.6 Å². The van der Waals surface area contributed by atoms with E-state index in [0.717, 1.165) is 11.4 Å². The number of nitrogens with two attached hydrogens (primary N) is 1. The fourth-order valence-electron chi connectivity index (χ4n) is 1.21. The third-order valence-electron chi connectivity index (χ3n) is 1.94. The van der Waals surface area contributed by atoms with Crippen LogP contribution in [0.4, 0.5) is 5.95 Å². The molecule has 0 bridgehead atoms. The van der Waals surface area contributed by atoms with Gasteiger partial charge >= 0.3 is 0 Å². The van der Waals surface area contributed by atoms with Crippen molar-refractivity contribution in [3.05, 3.63) is 24.5 Å². The van der Waals surface area contributed by atoms with Gasteiger partial charge in [-0.2, -0.15) is 0 Å². The van der Waals surface area contributed by atoms with E-state index in [1.165, 1.54) is 0 Å². The lowest BCUT2D eigenvalue weighted by atomic mass is 10.2. The number of nitrogen functional groups attached to an aromatic ring is 1. The Kier molecular flexibility index (Phi) is 2.11. The molecule has 0 atom stereocenters. The van der Waals surface area contributed by atoms with Gasteiger partial charge in [0.25, 0.3) is 0 Å². The maximum Gasteiger partial charge on any atom is 0.238 e. The Balaban J connectivity index is 2.48. The molecule has 0 saturated heterocycles. The monoisotopic (exact) mass is 190 g/mol. The van der Waals surface area contributed by atoms with Gasteiger partial charge in [-0.05, 0) is 12.1 Å². The third kappa shape index (κ3) is 1.31. The minimum atomic E-state index is 0.525. The van der Waals surface area contributed by atoms with Crippen LogP contribution in [0.2, 0.25) is 0 Å². The number of rotatable bonds is 2. The van der Waals surface area contributed by atoms with E-state index in [9.17, 15) is 0 Å². The molecule has 2 aromatic heterocycles. The largest absolute Gasteiger partial charge is 0.296 e. The van der Waals surface area contributed by atoms with E-state index in [4.69, 9.17) is 5.84 Å². The minimum Gasteiger partial charge on any atom is -0.296 e. The predicted molar refractivity (Wildman–Crippen MR) is 52.0 cm³/mol. The SMILES string of the molecule is Cn1c(NN)nnc1-c1ccncc1. The smallest absolute Gasteiger partial charge is 0.238 e. The lowest BCUT2D eigenvalue weighted by molar-refractivity contribution is 0.917. The first kappa shape index (κ1) is 8.64. The standard InChI is InChI=1S/C8H10N6/c1-14-7(12-13-8(14)11-9)6-2-4-10-5-3-6/h2-5H,9H2,1H3,(H,11,13). The first-order chi connectivity index (χ1) is 6.83. The van der Waals surface area contributed by atoms with Gasteiger partial charge in [-0.15, -0.1) is 10.2 Å². The average molecular weight is 190 g/mol. The third-order valence-corrected chi connectivity index (χ3v) is 1.94. The van der Waals surface area contributed by atoms with Gasteiger partial charge in [0.1, 0.15) is 0 Å². The second-order valence-electron chi connectivity index (χ2n) is 2.79. The van der Waals surface area contributed by atoms with Crippen LogP contribution in [0.25, 0.3) is 11.4 Å². The van der Waals surface area contributed by atoms with Crippen molar-refractivity contribution in [1.82, 2.24) is 19.7 Å². The molecule has 0 unspecified atom stereocenters. The molecule has 6 heteroatoms. The quantitative estimate of drug-likeness (QED) is 0.521. The lowest BCUT2D eigenvalue weighted by Gasteiger charge is -2.01. The molecule has 2 heterocycles. The van der Waals surface area contributed by atoms with E-state index in [0.29, 0.717) is 5.95 Å². The summed E-state index contributed by atoms with van der Waals surface area (Å²) in [6, 6.07) is 3.73. The van der Waals surface area contributed by atoms with Crippen molar-refractivity contribution in [2.75, 3.05) is 5.43 Å². The van der Waals surface area contributed by atoms with Crippen molar-refractivity contribution in [1.29, 1.82) is 0 Å². The maximum atomic E-state index is 5.26. The Hall–Kier alpha value is -1.95. The number of pyridine rings is 1. The Morgan fingerprint density at radius 1 is 1.29 bits per heavy atom. The molecule has 0 aliphatic heterocycles. The van der Waals surface area contributed by atoms with Gasteiger partial charge in [-0.1, -0.05) is 0 Å². The molecule has 0 aliphatic carbocycles. The maximum absolute atomic E-state index is 5.26. The summed E-state index contributed by atoms with van der Waals surface area (Å²) in [5.74, 6) is 6.53. The summed E-state index contributed by atoms with van der Waals surface area (Å²) in [6.45, 7) is 0. The van der Waals surface area contributed by atoms with Crippen molar-refractivity contribution < 1.29 is 0 Å². The Labute approximate surface area is 80.8 Å². The van der Waals surface area contributed by atoms with Gasteiger partial charge in [-0.3, -0.25) is 15.0 Å². The summed E-state index contributed by atoms with van der Waals surface area (Å²) in [4.78, 5) is 3.93. The number of nitrogens with one attached hydrogen (secondary N) is 1. The second-order valence-corrected chi connectivity index (χ2v) is 2.79. The van der Waals surface area contributed by atoms with Crippen LogP contribution < -0.4 is 11.3 Å². The van der Waals surface area contributed by atoms with E-state index in [-0.39, 0.29) is 0 Å². The van der Waals surface area contributed by atoms with Gasteiger partial charge < -0.3 is 0 Å². The van der Waals surface area contributed by atoms with E-state index >= 15 is 0 Å². The number of nitrogens with zero attached hydrogens (tertiary/aromatic N) is 4. The van der Waals surface area contributed by atoms with Crippen LogP contribution in [0.1, 0.15) is 0 Å². The molecule has 0 radical (unpaired) electrons. The first-order valence-corrected chi connectivity index (χ1v) is 4.09. The average Bonchev–Trinajstić information content (AvgIpc) is 2.61. The fourth-order valence-corrected chi connectivity index (χ4v) is 1.21. The molecular weight excluding hydrogens is 180 g/mol. The van der Waals surface area contributed by atoms with Crippen LogP contribution in [0.15, 0.2) is 24.5 Å². The molecule has 0 fully saturated rings. The van der Waals surface area contributed by atoms with Crippen LogP contribution in [0, 0.1) is 0 Å². The number of anilines is 1. The zero-order chi connectivity index (χ0) is 9.97. The highest BCUT2D eigenvalue weighted by atomic mass is 15.4. The van der Waals surface area contributed by atoms with Gasteiger partial charge in [0.05, 0.1) is 0 Å². The summed E-state index contributed by atoms with van der Waals surface area (Å²) < 4.78 is 1.77. The molecule has 72 valence electrons. The molecule has 6 nitrogen and oxygen atoms in total. The number of hydrazine groups is 1. The zero-order valence-electron chi connectivity index (χ0n) is 7.68. The van der Waals surface area contributed by atoms with Crippen molar-refractivity contribution in [3.63, 3.8) is 0 Å². The van der Waals surface area contributed by atoms with Crippen LogP contribution in [0.3, 0.4) is 0 Å². The van der Waals surface area contributed by atoms with Crippen molar-refractivity contribution in [2.45, 2.75) is 0 Å². The van der Waals surface area contributed by atoms with Crippen molar-refractivity contribution in [3.8, 4) is 11.4 Å². The normalized spacial score (nSPS) is 10.1. The Bertz CT molecular complexity index is 421. The highest BCUT2D eigenvalue weighted by molar-refractivity contribution is 5.55. The summed E-state index contributed by atoms with van der Waals surface area (Å²) in [7, 11) is 1.84. The highest BCUT2D eigenvalue weighted by Crippen LogP contribution is 2.16. The van der Waals surface area contributed by atoms with E-state index in [1.54, 1.807) is 17.0 Å². The summed E-state index contributed by atoms with van der Waals surface area (Å²) >= 11 is 0. The molecule has 2 aromatic rings. The van der Waals surface area contributed by atoms with Crippen LogP contribution in [-0.2, 0) is 7.05 Å². The first-order valence-electron chi connectivity index (χ1n) is 4.09. The molecule has 0 aromatic carbocycles. The summed E-state index contributed by atoms with van der Waals surface area (Å²) in [5, 5.41) is 7.87. The highest BCUT2D eigenvalue weighted by Gasteiger charge is 2.08. The van der Waals surface area contributed by atoms with E-state index in [1.807, 2.05) is 19.2 Å². The topological polar surface area (TPSA) is 81.7 Å². The van der Waals surface area contributed by atoms with Gasteiger partial charge in [0.15, 0.2) is 5.82 Å². The van der Waals surface area contributed by atoms with Crippen molar-refractivity contribution >= 4 is 5.95 Å². The van der Waals surface area contributed by atoms with E-state index < -0.39 is 0 Å². The Morgan fingerprint density at radius 3 is 2.57 bits per heavy atom. The van der Waals surface area contributed by atoms with Gasteiger partial charge in [0.2, 0.25) is 5.95 Å².